The van der Waals surface area contributed by atoms with E-state index in [0.717, 1.165) is 5.56 Å². The fourth-order valence-corrected chi connectivity index (χ4v) is 1.55. The fourth-order valence-electron chi connectivity index (χ4n) is 1.43. The normalized spacial score (nSPS) is 11.9. The van der Waals surface area contributed by atoms with Crippen LogP contribution in [0.25, 0.3) is 0 Å². The predicted octanol–water partition coefficient (Wildman–Crippen LogP) is 1.86. The summed E-state index contributed by atoms with van der Waals surface area (Å²) in [5, 5.41) is 11.8. The Morgan fingerprint density at radius 2 is 1.94 bits per heavy atom. The number of hydrogen-bond donors (Lipinski definition) is 2. The summed E-state index contributed by atoms with van der Waals surface area (Å²) in [5.41, 5.74) is 0.842. The van der Waals surface area contributed by atoms with E-state index >= 15 is 0 Å². The molecule has 92 valence electrons. The van der Waals surface area contributed by atoms with Crippen LogP contribution in [-0.2, 0) is 16.0 Å². The minimum Gasteiger partial charge on any atom is -0.481 e. The topological polar surface area (TPSA) is 66.4 Å². The van der Waals surface area contributed by atoms with Crippen molar-refractivity contribution in [2.45, 2.75) is 25.8 Å². The van der Waals surface area contributed by atoms with Crippen molar-refractivity contribution in [2.24, 2.45) is 0 Å². The highest BCUT2D eigenvalue weighted by atomic mass is 35.5. The number of carbonyl (C=O) groups is 2. The Kier molecular flexibility index (Phi) is 4.97. The Labute approximate surface area is 105 Å². The zero-order valence-corrected chi connectivity index (χ0v) is 10.2. The first-order valence-electron chi connectivity index (χ1n) is 5.23. The molecule has 0 saturated heterocycles. The molecule has 0 aliphatic carbocycles. The molecule has 0 radical (unpaired) electrons. The summed E-state index contributed by atoms with van der Waals surface area (Å²) in [7, 11) is 0. The summed E-state index contributed by atoms with van der Waals surface area (Å²) < 4.78 is 0. The first kappa shape index (κ1) is 13.5. The number of carboxylic acids is 1. The summed E-state index contributed by atoms with van der Waals surface area (Å²) in [4.78, 5) is 22.0. The van der Waals surface area contributed by atoms with Crippen molar-refractivity contribution in [1.29, 1.82) is 0 Å². The van der Waals surface area contributed by atoms with Crippen LogP contribution in [0, 0.1) is 0 Å². The van der Waals surface area contributed by atoms with Gasteiger partial charge in [0.15, 0.2) is 0 Å². The van der Waals surface area contributed by atoms with E-state index in [1.165, 1.54) is 0 Å². The molecule has 0 spiro atoms. The Balaban J connectivity index is 2.44. The van der Waals surface area contributed by atoms with Gasteiger partial charge in [0.05, 0.1) is 12.8 Å². The van der Waals surface area contributed by atoms with Gasteiger partial charge in [-0.15, -0.1) is 0 Å². The van der Waals surface area contributed by atoms with Crippen LogP contribution in [-0.4, -0.2) is 23.0 Å². The molecule has 0 saturated carbocycles. The van der Waals surface area contributed by atoms with Gasteiger partial charge in [0.25, 0.3) is 0 Å². The summed E-state index contributed by atoms with van der Waals surface area (Å²) in [6.45, 7) is 1.66. The fraction of sp³-hybridized carbons (Fsp3) is 0.333. The number of nitrogens with one attached hydrogen (secondary N) is 1. The third-order valence-electron chi connectivity index (χ3n) is 2.17. The molecule has 0 heterocycles. The number of amides is 1. The minimum atomic E-state index is -0.927. The van der Waals surface area contributed by atoms with Crippen molar-refractivity contribution >= 4 is 23.5 Å². The second-order valence-electron chi connectivity index (χ2n) is 3.87. The Morgan fingerprint density at radius 3 is 2.47 bits per heavy atom. The molecule has 0 fully saturated rings. The van der Waals surface area contributed by atoms with Gasteiger partial charge in [-0.1, -0.05) is 23.7 Å². The molecule has 1 amide bonds. The minimum absolute atomic E-state index is 0.0770. The quantitative estimate of drug-likeness (QED) is 0.844. The number of aliphatic carboxylic acids is 1. The number of carboxylic acid groups (broad SMARTS) is 1. The lowest BCUT2D eigenvalue weighted by atomic mass is 10.1. The van der Waals surface area contributed by atoms with Gasteiger partial charge in [0.1, 0.15) is 0 Å². The number of carbonyl (C=O) groups excluding carboxylic acids is 1. The number of benzene rings is 1. The average Bonchev–Trinajstić information content (AvgIpc) is 2.19. The standard InChI is InChI=1S/C12H14ClNO3/c1-8(6-12(16)17)14-11(15)7-9-2-4-10(13)5-3-9/h2-5,8H,6-7H2,1H3,(H,14,15)(H,16,17). The highest BCUT2D eigenvalue weighted by Gasteiger charge is 2.11. The number of rotatable bonds is 5. The second-order valence-corrected chi connectivity index (χ2v) is 4.31. The average molecular weight is 256 g/mol. The van der Waals surface area contributed by atoms with Crippen LogP contribution >= 0.6 is 11.6 Å². The van der Waals surface area contributed by atoms with Crippen molar-refractivity contribution in [1.82, 2.24) is 5.32 Å². The third kappa shape index (κ3) is 5.36. The molecule has 1 unspecified atom stereocenters. The molecule has 1 aromatic carbocycles. The molecule has 17 heavy (non-hydrogen) atoms. The Bertz CT molecular complexity index is 403. The summed E-state index contributed by atoms with van der Waals surface area (Å²) >= 11 is 5.72. The smallest absolute Gasteiger partial charge is 0.305 e. The van der Waals surface area contributed by atoms with Crippen LogP contribution in [0.15, 0.2) is 24.3 Å². The van der Waals surface area contributed by atoms with Crippen LogP contribution in [0.2, 0.25) is 5.02 Å². The van der Waals surface area contributed by atoms with E-state index in [-0.39, 0.29) is 24.8 Å². The van der Waals surface area contributed by atoms with Gasteiger partial charge < -0.3 is 10.4 Å². The molecule has 4 nitrogen and oxygen atoms in total. The first-order chi connectivity index (χ1) is 7.97. The maximum Gasteiger partial charge on any atom is 0.305 e. The molecule has 1 aromatic rings. The van der Waals surface area contributed by atoms with Crippen LogP contribution in [0.5, 0.6) is 0 Å². The van der Waals surface area contributed by atoms with Gasteiger partial charge >= 0.3 is 5.97 Å². The number of halogens is 1. The lowest BCUT2D eigenvalue weighted by molar-refractivity contribution is -0.137. The van der Waals surface area contributed by atoms with E-state index in [9.17, 15) is 9.59 Å². The van der Waals surface area contributed by atoms with E-state index < -0.39 is 5.97 Å². The SMILES string of the molecule is CC(CC(=O)O)NC(=O)Cc1ccc(Cl)cc1. The lowest BCUT2D eigenvalue weighted by Crippen LogP contribution is -2.35. The molecule has 5 heteroatoms. The highest BCUT2D eigenvalue weighted by molar-refractivity contribution is 6.30. The summed E-state index contributed by atoms with van der Waals surface area (Å²) in [6.07, 6.45) is 0.146. The molecule has 0 aliphatic heterocycles. The molecule has 1 rings (SSSR count). The molecule has 0 aromatic heterocycles. The van der Waals surface area contributed by atoms with Crippen molar-refractivity contribution in [3.05, 3.63) is 34.9 Å². The van der Waals surface area contributed by atoms with Crippen LogP contribution in [0.1, 0.15) is 18.9 Å². The molecule has 0 aliphatic rings. The predicted molar refractivity (Wildman–Crippen MR) is 65.0 cm³/mol. The molecule has 2 N–H and O–H groups in total. The summed E-state index contributed by atoms with van der Waals surface area (Å²) in [5.74, 6) is -1.12. The van der Waals surface area contributed by atoms with Gasteiger partial charge in [-0.3, -0.25) is 9.59 Å². The number of hydrogen-bond acceptors (Lipinski definition) is 2. The van der Waals surface area contributed by atoms with Crippen molar-refractivity contribution in [3.8, 4) is 0 Å². The molecular weight excluding hydrogens is 242 g/mol. The Morgan fingerprint density at radius 1 is 1.35 bits per heavy atom. The largest absolute Gasteiger partial charge is 0.481 e. The van der Waals surface area contributed by atoms with E-state index in [4.69, 9.17) is 16.7 Å². The van der Waals surface area contributed by atoms with Crippen molar-refractivity contribution in [2.75, 3.05) is 0 Å². The van der Waals surface area contributed by atoms with Crippen molar-refractivity contribution < 1.29 is 14.7 Å². The summed E-state index contributed by atoms with van der Waals surface area (Å²) in [6, 6.07) is 6.59. The van der Waals surface area contributed by atoms with Gasteiger partial charge in [-0.2, -0.15) is 0 Å². The van der Waals surface area contributed by atoms with Crippen LogP contribution in [0.3, 0.4) is 0 Å². The highest BCUT2D eigenvalue weighted by Crippen LogP contribution is 2.09. The van der Waals surface area contributed by atoms with Crippen LogP contribution < -0.4 is 5.32 Å². The van der Waals surface area contributed by atoms with Gasteiger partial charge in [-0.25, -0.2) is 0 Å². The zero-order valence-electron chi connectivity index (χ0n) is 9.44. The maximum absolute atomic E-state index is 11.6. The van der Waals surface area contributed by atoms with Crippen LogP contribution in [0.4, 0.5) is 0 Å². The van der Waals surface area contributed by atoms with E-state index in [0.29, 0.717) is 5.02 Å². The van der Waals surface area contributed by atoms with E-state index in [1.807, 2.05) is 0 Å². The van der Waals surface area contributed by atoms with E-state index in [2.05, 4.69) is 5.32 Å². The van der Waals surface area contributed by atoms with E-state index in [1.54, 1.807) is 31.2 Å². The van der Waals surface area contributed by atoms with Crippen molar-refractivity contribution in [3.63, 3.8) is 0 Å². The maximum atomic E-state index is 11.6. The molecule has 0 bridgehead atoms. The van der Waals surface area contributed by atoms with Gasteiger partial charge in [0, 0.05) is 11.1 Å². The lowest BCUT2D eigenvalue weighted by Gasteiger charge is -2.11. The van der Waals surface area contributed by atoms with Gasteiger partial charge in [-0.05, 0) is 24.6 Å². The first-order valence-corrected chi connectivity index (χ1v) is 5.61. The zero-order chi connectivity index (χ0) is 12.8. The second kappa shape index (κ2) is 6.25. The van der Waals surface area contributed by atoms with Gasteiger partial charge in [0.2, 0.25) is 5.91 Å². The Hall–Kier alpha value is -1.55. The molecular formula is C12H14ClNO3. The third-order valence-corrected chi connectivity index (χ3v) is 2.42. The molecule has 1 atom stereocenters. The monoisotopic (exact) mass is 255 g/mol.